The lowest BCUT2D eigenvalue weighted by molar-refractivity contribution is 0.0323. The minimum absolute atomic E-state index is 0.126. The fourth-order valence-electron chi connectivity index (χ4n) is 4.77. The smallest absolute Gasteiger partial charge is 0.126 e. The summed E-state index contributed by atoms with van der Waals surface area (Å²) in [4.78, 5) is 6.94. The van der Waals surface area contributed by atoms with Gasteiger partial charge in [0.2, 0.25) is 0 Å². The highest BCUT2D eigenvalue weighted by Gasteiger charge is 2.35. The fourth-order valence-corrected chi connectivity index (χ4v) is 6.63. The number of hydrogen-bond acceptors (Lipinski definition) is 6. The minimum atomic E-state index is -1.09. The third kappa shape index (κ3) is 5.88. The number of piperidine rings is 1. The molecule has 1 unspecified atom stereocenters. The standard InChI is InChI=1S/C26H33FN2O2S2/c1-19-17-28-23-6-5-20(31-2)16-21(23)25(19)22(27)7-8-26(18-30)9-11-29(12-10-26)13-15-33-24-4-3-14-32-24/h3-6,14,16-17,22,30H,7-13,15,18H2,1-2H3. The van der Waals surface area contributed by atoms with Crippen molar-refractivity contribution in [3.63, 3.8) is 0 Å². The van der Waals surface area contributed by atoms with E-state index >= 15 is 4.39 Å². The van der Waals surface area contributed by atoms with Crippen molar-refractivity contribution in [3.05, 3.63) is 53.0 Å². The van der Waals surface area contributed by atoms with E-state index in [1.165, 1.54) is 4.21 Å². The monoisotopic (exact) mass is 488 g/mol. The Bertz CT molecular complexity index is 1040. The highest BCUT2D eigenvalue weighted by atomic mass is 32.2. The summed E-state index contributed by atoms with van der Waals surface area (Å²) in [5.41, 5.74) is 2.16. The molecule has 1 aromatic carbocycles. The third-order valence-corrected chi connectivity index (χ3v) is 9.07. The number of likely N-dealkylation sites (tertiary alicyclic amines) is 1. The van der Waals surface area contributed by atoms with Gasteiger partial charge in [0, 0.05) is 30.5 Å². The molecule has 1 saturated heterocycles. The van der Waals surface area contributed by atoms with Crippen molar-refractivity contribution in [3.8, 4) is 5.75 Å². The molecule has 1 N–H and O–H groups in total. The van der Waals surface area contributed by atoms with Gasteiger partial charge in [0.15, 0.2) is 0 Å². The van der Waals surface area contributed by atoms with Crippen LogP contribution in [0.25, 0.3) is 10.9 Å². The van der Waals surface area contributed by atoms with Crippen LogP contribution < -0.4 is 4.74 Å². The van der Waals surface area contributed by atoms with E-state index in [4.69, 9.17) is 4.74 Å². The van der Waals surface area contributed by atoms with Crippen molar-refractivity contribution < 1.29 is 14.2 Å². The Morgan fingerprint density at radius 2 is 2.12 bits per heavy atom. The number of pyridine rings is 1. The molecule has 3 aromatic rings. The van der Waals surface area contributed by atoms with Crippen molar-refractivity contribution in [2.75, 3.05) is 39.1 Å². The summed E-state index contributed by atoms with van der Waals surface area (Å²) in [6, 6.07) is 9.88. The van der Waals surface area contributed by atoms with Crippen LogP contribution in [0.15, 0.2) is 46.1 Å². The number of aliphatic hydroxyl groups excluding tert-OH is 1. The number of fused-ring (bicyclic) bond motifs is 1. The number of aliphatic hydroxyl groups is 1. The predicted molar refractivity (Wildman–Crippen MR) is 136 cm³/mol. The molecule has 33 heavy (non-hydrogen) atoms. The Morgan fingerprint density at radius 3 is 2.82 bits per heavy atom. The summed E-state index contributed by atoms with van der Waals surface area (Å²) in [6.07, 6.45) is 3.60. The van der Waals surface area contributed by atoms with Crippen LogP contribution in [0.5, 0.6) is 5.75 Å². The molecule has 0 spiro atoms. The van der Waals surface area contributed by atoms with Crippen LogP contribution in [0.4, 0.5) is 4.39 Å². The van der Waals surface area contributed by atoms with Gasteiger partial charge in [-0.2, -0.15) is 0 Å². The van der Waals surface area contributed by atoms with Gasteiger partial charge in [0.1, 0.15) is 11.9 Å². The number of rotatable bonds is 10. The molecule has 4 rings (SSSR count). The first-order valence-electron chi connectivity index (χ1n) is 11.6. The molecule has 1 atom stereocenters. The number of aromatic nitrogens is 1. The van der Waals surface area contributed by atoms with E-state index in [0.717, 1.165) is 54.7 Å². The molecule has 0 bridgehead atoms. The van der Waals surface area contributed by atoms with Crippen molar-refractivity contribution in [2.24, 2.45) is 5.41 Å². The summed E-state index contributed by atoms with van der Waals surface area (Å²) >= 11 is 3.70. The third-order valence-electron chi connectivity index (χ3n) is 6.96. The van der Waals surface area contributed by atoms with Crippen LogP contribution in [0.2, 0.25) is 0 Å². The Labute approximate surface area is 204 Å². The molecule has 0 aliphatic carbocycles. The predicted octanol–water partition coefficient (Wildman–Crippen LogP) is 6.27. The maximum atomic E-state index is 15.6. The lowest BCUT2D eigenvalue weighted by atomic mass is 9.74. The minimum Gasteiger partial charge on any atom is -0.497 e. The second kappa shape index (κ2) is 11.2. The number of halogens is 1. The quantitative estimate of drug-likeness (QED) is 0.341. The lowest BCUT2D eigenvalue weighted by Crippen LogP contribution is -2.42. The zero-order chi connectivity index (χ0) is 23.3. The van der Waals surface area contributed by atoms with Gasteiger partial charge in [0.05, 0.1) is 16.8 Å². The first-order valence-corrected chi connectivity index (χ1v) is 13.5. The van der Waals surface area contributed by atoms with Gasteiger partial charge in [-0.1, -0.05) is 6.07 Å². The Morgan fingerprint density at radius 1 is 1.30 bits per heavy atom. The molecular weight excluding hydrogens is 455 g/mol. The number of methoxy groups -OCH3 is 1. The van der Waals surface area contributed by atoms with Crippen molar-refractivity contribution in [1.29, 1.82) is 0 Å². The van der Waals surface area contributed by atoms with E-state index in [1.807, 2.05) is 36.9 Å². The summed E-state index contributed by atoms with van der Waals surface area (Å²) in [6.45, 7) is 5.04. The largest absolute Gasteiger partial charge is 0.497 e. The number of alkyl halides is 1. The van der Waals surface area contributed by atoms with Crippen LogP contribution >= 0.6 is 23.1 Å². The molecule has 1 aliphatic heterocycles. The number of thiophene rings is 1. The number of thioether (sulfide) groups is 1. The van der Waals surface area contributed by atoms with Crippen LogP contribution in [-0.4, -0.2) is 54.1 Å². The topological polar surface area (TPSA) is 45.6 Å². The maximum absolute atomic E-state index is 15.6. The van der Waals surface area contributed by atoms with Gasteiger partial charge in [-0.05, 0) is 91.9 Å². The van der Waals surface area contributed by atoms with Gasteiger partial charge >= 0.3 is 0 Å². The molecule has 4 nitrogen and oxygen atoms in total. The maximum Gasteiger partial charge on any atom is 0.126 e. The van der Waals surface area contributed by atoms with Gasteiger partial charge in [0.25, 0.3) is 0 Å². The Hall–Kier alpha value is -1.67. The van der Waals surface area contributed by atoms with Crippen LogP contribution in [0.3, 0.4) is 0 Å². The molecule has 1 fully saturated rings. The Balaban J connectivity index is 1.35. The van der Waals surface area contributed by atoms with Gasteiger partial charge in [-0.3, -0.25) is 4.98 Å². The second-order valence-electron chi connectivity index (χ2n) is 9.02. The summed E-state index contributed by atoms with van der Waals surface area (Å²) < 4.78 is 22.4. The first-order chi connectivity index (χ1) is 16.0. The first kappa shape index (κ1) is 24.5. The zero-order valence-electron chi connectivity index (χ0n) is 19.4. The number of aryl methyl sites for hydroxylation is 1. The SMILES string of the molecule is COc1ccc2ncc(C)c(C(F)CCC3(CO)CCN(CCSc4cccs4)CC3)c2c1. The van der Waals surface area contributed by atoms with Crippen molar-refractivity contribution in [1.82, 2.24) is 9.88 Å². The molecule has 1 aliphatic rings. The van der Waals surface area contributed by atoms with Crippen molar-refractivity contribution >= 4 is 34.0 Å². The van der Waals surface area contributed by atoms with Crippen molar-refractivity contribution in [2.45, 2.75) is 43.0 Å². The fraction of sp³-hybridized carbons (Fsp3) is 0.500. The van der Waals surface area contributed by atoms with Gasteiger partial charge in [-0.25, -0.2) is 4.39 Å². The molecule has 7 heteroatoms. The summed E-state index contributed by atoms with van der Waals surface area (Å²) in [5.74, 6) is 1.79. The highest BCUT2D eigenvalue weighted by molar-refractivity contribution is 8.01. The van der Waals surface area contributed by atoms with Crippen LogP contribution in [-0.2, 0) is 0 Å². The molecule has 0 radical (unpaired) electrons. The average molecular weight is 489 g/mol. The molecule has 2 aromatic heterocycles. The lowest BCUT2D eigenvalue weighted by Gasteiger charge is -2.41. The van der Waals surface area contributed by atoms with Crippen LogP contribution in [0.1, 0.15) is 43.0 Å². The van der Waals surface area contributed by atoms with E-state index in [2.05, 4.69) is 27.4 Å². The van der Waals surface area contributed by atoms with Gasteiger partial charge in [-0.15, -0.1) is 23.1 Å². The van der Waals surface area contributed by atoms with Crippen LogP contribution in [0, 0.1) is 12.3 Å². The zero-order valence-corrected chi connectivity index (χ0v) is 21.1. The van der Waals surface area contributed by atoms with E-state index < -0.39 is 6.17 Å². The molecule has 3 heterocycles. The normalized spacial score (nSPS) is 17.3. The Kier molecular flexibility index (Phi) is 8.28. The average Bonchev–Trinajstić information content (AvgIpc) is 3.36. The highest BCUT2D eigenvalue weighted by Crippen LogP contribution is 2.41. The number of nitrogens with zero attached hydrogens (tertiary/aromatic N) is 2. The number of benzene rings is 1. The molecule has 0 amide bonds. The van der Waals surface area contributed by atoms with E-state index in [-0.39, 0.29) is 12.0 Å². The summed E-state index contributed by atoms with van der Waals surface area (Å²) in [5, 5.41) is 13.2. The van der Waals surface area contributed by atoms with E-state index in [0.29, 0.717) is 24.2 Å². The number of hydrogen-bond donors (Lipinski definition) is 1. The van der Waals surface area contributed by atoms with E-state index in [1.54, 1.807) is 24.6 Å². The molecular formula is C26H33FN2O2S2. The number of ether oxygens (including phenoxy) is 1. The molecule has 0 saturated carbocycles. The van der Waals surface area contributed by atoms with E-state index in [9.17, 15) is 5.11 Å². The van der Waals surface area contributed by atoms with Gasteiger partial charge < -0.3 is 14.7 Å². The summed E-state index contributed by atoms with van der Waals surface area (Å²) in [7, 11) is 1.62. The molecule has 178 valence electrons. The second-order valence-corrected chi connectivity index (χ2v) is 11.4.